The molecule has 1 atom stereocenters. The van der Waals surface area contributed by atoms with E-state index in [0.29, 0.717) is 6.42 Å². The summed E-state index contributed by atoms with van der Waals surface area (Å²) in [5.41, 5.74) is 0. The van der Waals surface area contributed by atoms with Gasteiger partial charge in [-0.1, -0.05) is 39.0 Å². The smallest absolute Gasteiger partial charge is 0.178 e. The second-order valence-corrected chi connectivity index (χ2v) is 4.98. The van der Waals surface area contributed by atoms with Crippen molar-refractivity contribution in [3.05, 3.63) is 0 Å². The lowest BCUT2D eigenvalue weighted by Gasteiger charge is -2.16. The molecule has 1 unspecified atom stereocenters. The number of halogens is 1. The minimum Gasteiger partial charge on any atom is -0.776 e. The van der Waals surface area contributed by atoms with Crippen molar-refractivity contribution in [1.29, 1.82) is 0 Å². The van der Waals surface area contributed by atoms with Crippen LogP contribution in [0.15, 0.2) is 0 Å². The molecule has 4 nitrogen and oxygen atoms in total. The zero-order valence-corrected chi connectivity index (χ0v) is 9.89. The zero-order chi connectivity index (χ0) is 10.2. The van der Waals surface area contributed by atoms with Crippen LogP contribution in [0.1, 0.15) is 45.4 Å². The topological polar surface area (TPSA) is 85.9 Å². The van der Waals surface area contributed by atoms with E-state index in [4.69, 9.17) is 0 Å². The minimum absolute atomic E-state index is 0. The largest absolute Gasteiger partial charge is 0.776 e. The Morgan fingerprint density at radius 2 is 1.71 bits per heavy atom. The minimum atomic E-state index is -4.15. The van der Waals surface area contributed by atoms with Crippen LogP contribution in [-0.4, -0.2) is 6.16 Å². The van der Waals surface area contributed by atoms with Crippen molar-refractivity contribution in [3.63, 3.8) is 0 Å². The van der Waals surface area contributed by atoms with Gasteiger partial charge in [-0.15, -0.1) is 4.73 Å². The third-order valence-electron chi connectivity index (χ3n) is 1.89. The molecule has 0 amide bonds. The molecule has 0 saturated heterocycles. The summed E-state index contributed by atoms with van der Waals surface area (Å²) >= 11 is 0. The van der Waals surface area contributed by atoms with Crippen LogP contribution in [-0.2, 0) is 9.29 Å². The van der Waals surface area contributed by atoms with Crippen molar-refractivity contribution in [2.75, 3.05) is 6.16 Å². The second-order valence-electron chi connectivity index (χ2n) is 3.17. The highest BCUT2D eigenvalue weighted by Crippen LogP contribution is 2.38. The standard InChI is InChI=1S/C8H18FO3P.H3N/c1-2-3-4-5-6-7-8-13(10,11)12-9;/h2-8H2,1H3,(H,10,11);1H3. The van der Waals surface area contributed by atoms with Crippen molar-refractivity contribution >= 4 is 7.60 Å². The van der Waals surface area contributed by atoms with E-state index in [-0.39, 0.29) is 12.3 Å². The zero-order valence-electron chi connectivity index (χ0n) is 9.00. The van der Waals surface area contributed by atoms with Crippen LogP contribution in [0, 0.1) is 0 Å². The van der Waals surface area contributed by atoms with Crippen molar-refractivity contribution < 1.29 is 18.7 Å². The molecule has 0 radical (unpaired) electrons. The Morgan fingerprint density at radius 1 is 1.21 bits per heavy atom. The second kappa shape index (κ2) is 9.59. The maximum absolute atomic E-state index is 11.3. The summed E-state index contributed by atoms with van der Waals surface area (Å²) in [6.07, 6.45) is 5.61. The van der Waals surface area contributed by atoms with Gasteiger partial charge in [0.05, 0.1) is 0 Å². The molecule has 0 aromatic heterocycles. The summed E-state index contributed by atoms with van der Waals surface area (Å²) in [7, 11) is -4.15. The molecule has 0 bridgehead atoms. The Morgan fingerprint density at radius 3 is 2.21 bits per heavy atom. The van der Waals surface area contributed by atoms with Gasteiger partial charge in [-0.05, 0) is 10.9 Å². The van der Waals surface area contributed by atoms with E-state index < -0.39 is 7.60 Å². The monoisotopic (exact) mass is 229 g/mol. The van der Waals surface area contributed by atoms with E-state index in [1.54, 1.807) is 0 Å². The SMILES string of the molecule is CCCCCCCCP(=O)([O-])OF.[NH4+]. The van der Waals surface area contributed by atoms with E-state index in [2.05, 4.69) is 11.7 Å². The van der Waals surface area contributed by atoms with Crippen LogP contribution in [0.25, 0.3) is 0 Å². The summed E-state index contributed by atoms with van der Waals surface area (Å²) < 4.78 is 24.7. The summed E-state index contributed by atoms with van der Waals surface area (Å²) in [6.45, 7) is 2.11. The predicted octanol–water partition coefficient (Wildman–Crippen LogP) is 3.18. The van der Waals surface area contributed by atoms with Gasteiger partial charge in [0.2, 0.25) is 0 Å². The first kappa shape index (κ1) is 16.5. The maximum Gasteiger partial charge on any atom is 0.178 e. The highest BCUT2D eigenvalue weighted by molar-refractivity contribution is 7.51. The molecular formula is C8H21FNO3P. The average molecular weight is 229 g/mol. The summed E-state index contributed by atoms with van der Waals surface area (Å²) in [5.74, 6) is 0. The van der Waals surface area contributed by atoms with Crippen LogP contribution in [0.3, 0.4) is 0 Å². The fourth-order valence-corrected chi connectivity index (χ4v) is 1.80. The molecule has 0 heterocycles. The Hall–Kier alpha value is 0.0400. The van der Waals surface area contributed by atoms with Crippen LogP contribution in [0.5, 0.6) is 0 Å². The van der Waals surface area contributed by atoms with Crippen LogP contribution < -0.4 is 11.0 Å². The fourth-order valence-electron chi connectivity index (χ4n) is 1.12. The van der Waals surface area contributed by atoms with Gasteiger partial charge in [0, 0.05) is 6.16 Å². The quantitative estimate of drug-likeness (QED) is 0.512. The summed E-state index contributed by atoms with van der Waals surface area (Å²) in [6, 6.07) is 0. The van der Waals surface area contributed by atoms with E-state index in [1.807, 2.05) is 0 Å². The van der Waals surface area contributed by atoms with Crippen molar-refractivity contribution in [2.24, 2.45) is 0 Å². The first-order valence-electron chi connectivity index (χ1n) is 4.73. The van der Waals surface area contributed by atoms with Crippen LogP contribution in [0.2, 0.25) is 0 Å². The lowest BCUT2D eigenvalue weighted by atomic mass is 10.1. The molecule has 0 aliphatic carbocycles. The third-order valence-corrected chi connectivity index (χ3v) is 2.96. The van der Waals surface area contributed by atoms with Gasteiger partial charge in [-0.25, -0.2) is 0 Å². The molecule has 0 saturated carbocycles. The molecule has 0 rings (SSSR count). The van der Waals surface area contributed by atoms with Gasteiger partial charge in [0.1, 0.15) is 0 Å². The van der Waals surface area contributed by atoms with Gasteiger partial charge < -0.3 is 15.6 Å². The number of unbranched alkanes of at least 4 members (excludes halogenated alkanes) is 5. The highest BCUT2D eigenvalue weighted by atomic mass is 31.2. The normalized spacial score (nSPS) is 14.5. The molecular weight excluding hydrogens is 208 g/mol. The van der Waals surface area contributed by atoms with Gasteiger partial charge in [-0.3, -0.25) is 0 Å². The molecule has 6 heteroatoms. The van der Waals surface area contributed by atoms with E-state index in [0.717, 1.165) is 25.7 Å². The fraction of sp³-hybridized carbons (Fsp3) is 1.00. The number of quaternary nitrogens is 1. The first-order valence-corrected chi connectivity index (χ1v) is 6.45. The Kier molecular flexibility index (Phi) is 11.3. The van der Waals surface area contributed by atoms with E-state index in [9.17, 15) is 14.0 Å². The molecule has 0 spiro atoms. The Bertz CT molecular complexity index is 169. The average Bonchev–Trinajstić information content (AvgIpc) is 2.11. The number of hydrogen-bond acceptors (Lipinski definition) is 3. The summed E-state index contributed by atoms with van der Waals surface area (Å²) in [4.78, 5) is 10.5. The first-order chi connectivity index (χ1) is 6.12. The van der Waals surface area contributed by atoms with Gasteiger partial charge >= 0.3 is 0 Å². The third kappa shape index (κ3) is 10.1. The lowest BCUT2D eigenvalue weighted by Crippen LogP contribution is -2.04. The molecule has 4 N–H and O–H groups in total. The van der Waals surface area contributed by atoms with Gasteiger partial charge in [-0.2, -0.15) is 0 Å². The van der Waals surface area contributed by atoms with Crippen molar-refractivity contribution in [2.45, 2.75) is 45.4 Å². The van der Waals surface area contributed by atoms with Gasteiger partial charge in [0.15, 0.2) is 7.60 Å². The Labute approximate surface area is 84.9 Å². The van der Waals surface area contributed by atoms with Crippen molar-refractivity contribution in [1.82, 2.24) is 6.15 Å². The maximum atomic E-state index is 11.3. The van der Waals surface area contributed by atoms with Crippen LogP contribution >= 0.6 is 7.60 Å². The number of hydrogen-bond donors (Lipinski definition) is 1. The molecule has 0 aliphatic rings. The van der Waals surface area contributed by atoms with Crippen LogP contribution in [0.4, 0.5) is 4.53 Å². The summed E-state index contributed by atoms with van der Waals surface area (Å²) in [5, 5.41) is 0. The van der Waals surface area contributed by atoms with E-state index >= 15 is 0 Å². The molecule has 0 aromatic rings. The molecule has 0 aromatic carbocycles. The molecule has 88 valence electrons. The molecule has 0 aliphatic heterocycles. The lowest BCUT2D eigenvalue weighted by molar-refractivity contribution is -0.225. The highest BCUT2D eigenvalue weighted by Gasteiger charge is 2.07. The molecule has 0 fully saturated rings. The Balaban J connectivity index is 0. The molecule has 14 heavy (non-hydrogen) atoms. The predicted molar refractivity (Wildman–Crippen MR) is 54.0 cm³/mol. The van der Waals surface area contributed by atoms with E-state index in [1.165, 1.54) is 6.42 Å². The number of rotatable bonds is 8. The van der Waals surface area contributed by atoms with Crippen molar-refractivity contribution in [3.8, 4) is 0 Å². The van der Waals surface area contributed by atoms with Gasteiger partial charge in [0.25, 0.3) is 0 Å².